The molecule has 0 aromatic heterocycles. The number of carbonyl (C=O) groups is 2. The number of ether oxygens (including phenoxy) is 2. The van der Waals surface area contributed by atoms with E-state index < -0.39 is 17.5 Å². The second-order valence-electron chi connectivity index (χ2n) is 7.99. The topological polar surface area (TPSA) is 55.8 Å². The summed E-state index contributed by atoms with van der Waals surface area (Å²) >= 11 is 12.5. The molecule has 7 heteroatoms. The van der Waals surface area contributed by atoms with Crippen LogP contribution >= 0.6 is 23.2 Å². The van der Waals surface area contributed by atoms with Crippen molar-refractivity contribution < 1.29 is 19.1 Å². The number of esters is 1. The summed E-state index contributed by atoms with van der Waals surface area (Å²) < 4.78 is 11.3. The number of hydrogen-bond acceptors (Lipinski definition) is 4. The Morgan fingerprint density at radius 3 is 2.06 bits per heavy atom. The van der Waals surface area contributed by atoms with Crippen molar-refractivity contribution in [2.24, 2.45) is 0 Å². The summed E-state index contributed by atoms with van der Waals surface area (Å²) in [6, 6.07) is 20.9. The van der Waals surface area contributed by atoms with Crippen LogP contribution in [0.3, 0.4) is 0 Å². The fraction of sp³-hybridized carbons (Fsp3) is 0.200. The van der Waals surface area contributed by atoms with E-state index in [0.717, 1.165) is 0 Å². The smallest absolute Gasteiger partial charge is 0.326 e. The fourth-order valence-electron chi connectivity index (χ4n) is 2.96. The fourth-order valence-corrected chi connectivity index (χ4v) is 3.52. The molecule has 0 aliphatic rings. The van der Waals surface area contributed by atoms with Crippen molar-refractivity contribution >= 4 is 40.8 Å². The number of para-hydroxylation sites is 1. The first-order valence-electron chi connectivity index (χ1n) is 9.95. The molecular formula is C25H23Cl2NO4. The first-order chi connectivity index (χ1) is 15.1. The Kier molecular flexibility index (Phi) is 7.44. The molecule has 1 amide bonds. The van der Waals surface area contributed by atoms with Crippen LogP contribution < -0.4 is 9.64 Å². The first-order valence-corrected chi connectivity index (χ1v) is 10.7. The molecule has 0 unspecified atom stereocenters. The quantitative estimate of drug-likeness (QED) is 0.372. The van der Waals surface area contributed by atoms with Gasteiger partial charge in [-0.3, -0.25) is 14.5 Å². The largest absolute Gasteiger partial charge is 0.459 e. The molecule has 3 aromatic carbocycles. The van der Waals surface area contributed by atoms with E-state index in [-0.39, 0.29) is 22.2 Å². The molecule has 0 atom stereocenters. The predicted octanol–water partition coefficient (Wildman–Crippen LogP) is 6.77. The van der Waals surface area contributed by atoms with Gasteiger partial charge in [-0.1, -0.05) is 53.5 Å². The summed E-state index contributed by atoms with van der Waals surface area (Å²) in [6.45, 7) is 4.95. The molecule has 3 aromatic rings. The van der Waals surface area contributed by atoms with Gasteiger partial charge in [-0.2, -0.15) is 0 Å². The van der Waals surface area contributed by atoms with Gasteiger partial charge in [-0.25, -0.2) is 0 Å². The summed E-state index contributed by atoms with van der Waals surface area (Å²) in [5, 5.41) is 0.377. The highest BCUT2D eigenvalue weighted by Crippen LogP contribution is 2.30. The standard InChI is InChI=1S/C25H23Cl2NO4/c1-25(2,3)32-22(29)16-28(24(30)23-20(26)13-8-14-21(23)27)17-9-7-12-19(15-17)31-18-10-5-4-6-11-18/h4-15H,16H2,1-3H3. The van der Waals surface area contributed by atoms with Crippen molar-refractivity contribution in [2.75, 3.05) is 11.4 Å². The molecule has 0 bridgehead atoms. The molecule has 0 fully saturated rings. The number of carbonyl (C=O) groups excluding carboxylic acids is 2. The SMILES string of the molecule is CC(C)(C)OC(=O)CN(C(=O)c1c(Cl)cccc1Cl)c1cccc(Oc2ccccc2)c1. The van der Waals surface area contributed by atoms with Crippen LogP contribution in [0.2, 0.25) is 10.0 Å². The van der Waals surface area contributed by atoms with Crippen molar-refractivity contribution in [3.05, 3.63) is 88.4 Å². The Balaban J connectivity index is 1.98. The summed E-state index contributed by atoms with van der Waals surface area (Å²) in [6.07, 6.45) is 0. The second kappa shape index (κ2) is 10.1. The minimum Gasteiger partial charge on any atom is -0.459 e. The van der Waals surface area contributed by atoms with Crippen LogP contribution in [0.1, 0.15) is 31.1 Å². The molecule has 3 rings (SSSR count). The van der Waals surface area contributed by atoms with E-state index in [2.05, 4.69) is 0 Å². The van der Waals surface area contributed by atoms with Crippen LogP contribution in [0, 0.1) is 0 Å². The van der Waals surface area contributed by atoms with E-state index in [1.54, 1.807) is 63.2 Å². The van der Waals surface area contributed by atoms with Gasteiger partial charge in [0.05, 0.1) is 15.6 Å². The Bertz CT molecular complexity index is 1090. The van der Waals surface area contributed by atoms with Gasteiger partial charge in [0.1, 0.15) is 23.6 Å². The third-order valence-corrected chi connectivity index (χ3v) is 4.87. The summed E-state index contributed by atoms with van der Waals surface area (Å²) in [7, 11) is 0. The van der Waals surface area contributed by atoms with E-state index >= 15 is 0 Å². The van der Waals surface area contributed by atoms with Crippen LogP contribution in [0.15, 0.2) is 72.8 Å². The Hall–Kier alpha value is -3.02. The monoisotopic (exact) mass is 471 g/mol. The van der Waals surface area contributed by atoms with Gasteiger partial charge < -0.3 is 9.47 Å². The van der Waals surface area contributed by atoms with E-state index in [9.17, 15) is 9.59 Å². The van der Waals surface area contributed by atoms with Crippen molar-refractivity contribution in [1.29, 1.82) is 0 Å². The van der Waals surface area contributed by atoms with Crippen molar-refractivity contribution in [1.82, 2.24) is 0 Å². The number of nitrogens with zero attached hydrogens (tertiary/aromatic N) is 1. The maximum Gasteiger partial charge on any atom is 0.326 e. The number of benzene rings is 3. The lowest BCUT2D eigenvalue weighted by molar-refractivity contribution is -0.152. The number of rotatable bonds is 6. The van der Waals surface area contributed by atoms with Crippen LogP contribution in [0.5, 0.6) is 11.5 Å². The lowest BCUT2D eigenvalue weighted by atomic mass is 10.1. The summed E-state index contributed by atoms with van der Waals surface area (Å²) in [5.41, 5.74) is -0.161. The highest BCUT2D eigenvalue weighted by Gasteiger charge is 2.27. The first kappa shape index (κ1) is 23.6. The summed E-state index contributed by atoms with van der Waals surface area (Å²) in [5.74, 6) is 0.0523. The molecule has 0 spiro atoms. The van der Waals surface area contributed by atoms with E-state index in [0.29, 0.717) is 17.2 Å². The molecule has 32 heavy (non-hydrogen) atoms. The van der Waals surface area contributed by atoms with Gasteiger partial charge in [-0.15, -0.1) is 0 Å². The molecule has 0 aliphatic carbocycles. The van der Waals surface area contributed by atoms with E-state index in [1.807, 2.05) is 30.3 Å². The van der Waals surface area contributed by atoms with Gasteiger partial charge >= 0.3 is 5.97 Å². The van der Waals surface area contributed by atoms with Crippen molar-refractivity contribution in [3.63, 3.8) is 0 Å². The molecule has 0 aliphatic heterocycles. The number of amides is 1. The minimum absolute atomic E-state index is 0.105. The number of hydrogen-bond donors (Lipinski definition) is 0. The van der Waals surface area contributed by atoms with Crippen LogP contribution in [-0.2, 0) is 9.53 Å². The zero-order chi connectivity index (χ0) is 23.3. The van der Waals surface area contributed by atoms with Crippen molar-refractivity contribution in [3.8, 4) is 11.5 Å². The predicted molar refractivity (Wildman–Crippen MR) is 127 cm³/mol. The second-order valence-corrected chi connectivity index (χ2v) is 8.80. The lowest BCUT2D eigenvalue weighted by Gasteiger charge is -2.26. The molecule has 0 heterocycles. The van der Waals surface area contributed by atoms with Crippen LogP contribution in [0.4, 0.5) is 5.69 Å². The van der Waals surface area contributed by atoms with Crippen LogP contribution in [0.25, 0.3) is 0 Å². The third-order valence-electron chi connectivity index (χ3n) is 4.24. The average Bonchev–Trinajstić information content (AvgIpc) is 2.71. The van der Waals surface area contributed by atoms with Gasteiger partial charge in [0.25, 0.3) is 5.91 Å². The number of halogens is 2. The van der Waals surface area contributed by atoms with Crippen LogP contribution in [-0.4, -0.2) is 24.0 Å². The zero-order valence-corrected chi connectivity index (χ0v) is 19.5. The average molecular weight is 472 g/mol. The molecule has 0 saturated heterocycles. The Morgan fingerprint density at radius 1 is 0.844 bits per heavy atom. The molecule has 0 N–H and O–H groups in total. The van der Waals surface area contributed by atoms with E-state index in [1.165, 1.54) is 4.90 Å². The van der Waals surface area contributed by atoms with Gasteiger partial charge in [0.2, 0.25) is 0 Å². The minimum atomic E-state index is -0.702. The number of anilines is 1. The maximum atomic E-state index is 13.5. The molecule has 0 radical (unpaired) electrons. The van der Waals surface area contributed by atoms with E-state index in [4.69, 9.17) is 32.7 Å². The zero-order valence-electron chi connectivity index (χ0n) is 18.0. The third kappa shape index (κ3) is 6.25. The highest BCUT2D eigenvalue weighted by atomic mass is 35.5. The van der Waals surface area contributed by atoms with Crippen molar-refractivity contribution in [2.45, 2.75) is 26.4 Å². The maximum absolute atomic E-state index is 13.5. The highest BCUT2D eigenvalue weighted by molar-refractivity contribution is 6.40. The molecular weight excluding hydrogens is 449 g/mol. The molecule has 0 saturated carbocycles. The molecule has 5 nitrogen and oxygen atoms in total. The van der Waals surface area contributed by atoms with Gasteiger partial charge in [0.15, 0.2) is 0 Å². The normalized spacial score (nSPS) is 11.0. The Labute approximate surface area is 197 Å². The summed E-state index contributed by atoms with van der Waals surface area (Å²) in [4.78, 5) is 27.4. The molecule has 166 valence electrons. The van der Waals surface area contributed by atoms with Gasteiger partial charge in [0, 0.05) is 11.8 Å². The lowest BCUT2D eigenvalue weighted by Crippen LogP contribution is -2.39. The Morgan fingerprint density at radius 2 is 1.44 bits per heavy atom. The van der Waals surface area contributed by atoms with Gasteiger partial charge in [-0.05, 0) is 57.2 Å².